The van der Waals surface area contributed by atoms with E-state index in [4.69, 9.17) is 0 Å². The summed E-state index contributed by atoms with van der Waals surface area (Å²) in [6, 6.07) is 0. The minimum absolute atomic E-state index is 0.373. The van der Waals surface area contributed by atoms with Crippen molar-refractivity contribution in [2.45, 2.75) is 103 Å². The fourth-order valence-electron chi connectivity index (χ4n) is 4.74. The van der Waals surface area contributed by atoms with Gasteiger partial charge in [0.15, 0.2) is 0 Å². The molecule has 0 amide bonds. The Morgan fingerprint density at radius 1 is 0.652 bits per heavy atom. The zero-order chi connectivity index (χ0) is 16.7. The average molecular weight is 332 g/mol. The fourth-order valence-corrected chi connectivity index (χ4v) is 4.74. The molecule has 0 aromatic carbocycles. The predicted molar refractivity (Wildman–Crippen MR) is 90.3 cm³/mol. The van der Waals surface area contributed by atoms with E-state index in [-0.39, 0.29) is 0 Å². The summed E-state index contributed by atoms with van der Waals surface area (Å²) < 4.78 is 38.1. The van der Waals surface area contributed by atoms with Gasteiger partial charge in [0.25, 0.3) is 0 Å². The maximum atomic E-state index is 12.7. The number of rotatable bonds is 7. The molecular formula is C20H35F3. The van der Waals surface area contributed by atoms with E-state index in [0.29, 0.717) is 18.8 Å². The number of unbranched alkanes of at least 4 members (excludes halogenated alkanes) is 2. The molecule has 0 nitrogen and oxygen atoms in total. The molecule has 2 aliphatic carbocycles. The van der Waals surface area contributed by atoms with Crippen molar-refractivity contribution >= 4 is 0 Å². The van der Waals surface area contributed by atoms with Crippen LogP contribution >= 0.6 is 0 Å². The molecule has 0 saturated heterocycles. The van der Waals surface area contributed by atoms with E-state index >= 15 is 0 Å². The van der Waals surface area contributed by atoms with E-state index in [2.05, 4.69) is 6.92 Å². The van der Waals surface area contributed by atoms with Crippen molar-refractivity contribution in [3.05, 3.63) is 0 Å². The Balaban J connectivity index is 1.56. The molecule has 136 valence electrons. The van der Waals surface area contributed by atoms with Crippen molar-refractivity contribution in [3.63, 3.8) is 0 Å². The lowest BCUT2D eigenvalue weighted by Crippen LogP contribution is -2.28. The first-order chi connectivity index (χ1) is 11.0. The number of halogens is 3. The molecule has 0 bridgehead atoms. The van der Waals surface area contributed by atoms with Crippen LogP contribution in [-0.4, -0.2) is 6.18 Å². The lowest BCUT2D eigenvalue weighted by Gasteiger charge is -2.32. The molecule has 0 aromatic heterocycles. The van der Waals surface area contributed by atoms with E-state index in [1.165, 1.54) is 64.2 Å². The lowest BCUT2D eigenvalue weighted by atomic mass is 9.75. The highest BCUT2D eigenvalue weighted by molar-refractivity contribution is 4.79. The van der Waals surface area contributed by atoms with Gasteiger partial charge in [-0.15, -0.1) is 0 Å². The van der Waals surface area contributed by atoms with E-state index in [0.717, 1.165) is 24.7 Å². The molecule has 0 aliphatic heterocycles. The first-order valence-electron chi connectivity index (χ1n) is 10.1. The third-order valence-corrected chi connectivity index (χ3v) is 6.48. The Kier molecular flexibility index (Phi) is 7.75. The van der Waals surface area contributed by atoms with Crippen LogP contribution in [0, 0.1) is 23.7 Å². The topological polar surface area (TPSA) is 0 Å². The quantitative estimate of drug-likeness (QED) is 0.423. The highest BCUT2D eigenvalue weighted by Gasteiger charge is 2.41. The van der Waals surface area contributed by atoms with Crippen LogP contribution in [0.15, 0.2) is 0 Å². The molecule has 0 aromatic rings. The third kappa shape index (κ3) is 6.66. The summed E-state index contributed by atoms with van der Waals surface area (Å²) in [4.78, 5) is 0. The molecule has 0 atom stereocenters. The van der Waals surface area contributed by atoms with Crippen molar-refractivity contribution in [1.82, 2.24) is 0 Å². The van der Waals surface area contributed by atoms with E-state index in [1.54, 1.807) is 0 Å². The second kappa shape index (κ2) is 9.32. The summed E-state index contributed by atoms with van der Waals surface area (Å²) >= 11 is 0. The van der Waals surface area contributed by atoms with Gasteiger partial charge in [-0.2, -0.15) is 13.2 Å². The number of hydrogen-bond donors (Lipinski definition) is 0. The van der Waals surface area contributed by atoms with E-state index < -0.39 is 12.1 Å². The standard InChI is InChI=1S/C20H35F3/c1-2-3-4-5-16-6-8-17(9-7-16)10-11-18-12-14-19(15-13-18)20(21,22)23/h16-19H,2-15H2,1H3/t16-,17-,18-,19-. The third-order valence-electron chi connectivity index (χ3n) is 6.48. The molecular weight excluding hydrogens is 297 g/mol. The molecule has 2 fully saturated rings. The monoisotopic (exact) mass is 332 g/mol. The molecule has 2 aliphatic rings. The van der Waals surface area contributed by atoms with Crippen molar-refractivity contribution in [2.24, 2.45) is 23.7 Å². The highest BCUT2D eigenvalue weighted by atomic mass is 19.4. The van der Waals surface area contributed by atoms with Gasteiger partial charge in [0.1, 0.15) is 0 Å². The predicted octanol–water partition coefficient (Wildman–Crippen LogP) is 7.52. The van der Waals surface area contributed by atoms with Crippen molar-refractivity contribution in [1.29, 1.82) is 0 Å². The van der Waals surface area contributed by atoms with Gasteiger partial charge >= 0.3 is 6.18 Å². The van der Waals surface area contributed by atoms with Gasteiger partial charge in [-0.3, -0.25) is 0 Å². The van der Waals surface area contributed by atoms with Crippen LogP contribution in [-0.2, 0) is 0 Å². The van der Waals surface area contributed by atoms with Gasteiger partial charge in [0, 0.05) is 0 Å². The largest absolute Gasteiger partial charge is 0.391 e. The molecule has 3 heteroatoms. The Hall–Kier alpha value is -0.210. The van der Waals surface area contributed by atoms with Gasteiger partial charge < -0.3 is 0 Å². The maximum Gasteiger partial charge on any atom is 0.391 e. The summed E-state index contributed by atoms with van der Waals surface area (Å²) in [6.45, 7) is 2.26. The molecule has 0 N–H and O–H groups in total. The molecule has 0 spiro atoms. The Morgan fingerprint density at radius 2 is 1.09 bits per heavy atom. The highest BCUT2D eigenvalue weighted by Crippen LogP contribution is 2.42. The van der Waals surface area contributed by atoms with Crippen molar-refractivity contribution in [2.75, 3.05) is 0 Å². The van der Waals surface area contributed by atoms with Gasteiger partial charge in [-0.05, 0) is 43.4 Å². The zero-order valence-corrected chi connectivity index (χ0v) is 14.8. The molecule has 0 radical (unpaired) electrons. The van der Waals surface area contributed by atoms with E-state index in [9.17, 15) is 13.2 Å². The number of alkyl halides is 3. The van der Waals surface area contributed by atoms with Crippen molar-refractivity contribution < 1.29 is 13.2 Å². The van der Waals surface area contributed by atoms with Crippen LogP contribution in [0.1, 0.15) is 96.8 Å². The summed E-state index contributed by atoms with van der Waals surface area (Å²) in [7, 11) is 0. The minimum Gasteiger partial charge on any atom is -0.171 e. The molecule has 0 heterocycles. The van der Waals surface area contributed by atoms with Gasteiger partial charge in [-0.25, -0.2) is 0 Å². The summed E-state index contributed by atoms with van der Waals surface area (Å²) in [5, 5.41) is 0. The second-order valence-electron chi connectivity index (χ2n) is 8.22. The van der Waals surface area contributed by atoms with Crippen LogP contribution in [0.2, 0.25) is 0 Å². The van der Waals surface area contributed by atoms with Crippen LogP contribution in [0.25, 0.3) is 0 Å². The minimum atomic E-state index is -3.96. The van der Waals surface area contributed by atoms with Crippen LogP contribution in [0.5, 0.6) is 0 Å². The smallest absolute Gasteiger partial charge is 0.171 e. The van der Waals surface area contributed by atoms with Gasteiger partial charge in [0.05, 0.1) is 5.92 Å². The van der Waals surface area contributed by atoms with Gasteiger partial charge in [0.2, 0.25) is 0 Å². The Bertz CT molecular complexity index is 307. The Labute approximate surface area is 140 Å². The zero-order valence-electron chi connectivity index (χ0n) is 14.8. The lowest BCUT2D eigenvalue weighted by molar-refractivity contribution is -0.184. The second-order valence-corrected chi connectivity index (χ2v) is 8.22. The molecule has 2 saturated carbocycles. The molecule has 2 rings (SSSR count). The van der Waals surface area contributed by atoms with Gasteiger partial charge in [-0.1, -0.05) is 71.1 Å². The SMILES string of the molecule is CCCCC[C@H]1CC[C@H](CC[C@H]2CC[C@H](C(F)(F)F)CC2)CC1. The maximum absolute atomic E-state index is 12.7. The summed E-state index contributed by atoms with van der Waals surface area (Å²) in [5.41, 5.74) is 0. The average Bonchev–Trinajstić information content (AvgIpc) is 2.54. The van der Waals surface area contributed by atoms with Crippen LogP contribution in [0.4, 0.5) is 13.2 Å². The molecule has 0 unspecified atom stereocenters. The molecule has 23 heavy (non-hydrogen) atoms. The van der Waals surface area contributed by atoms with E-state index in [1.807, 2.05) is 0 Å². The fraction of sp³-hybridized carbons (Fsp3) is 1.00. The first kappa shape index (κ1) is 19.1. The van der Waals surface area contributed by atoms with Crippen LogP contribution in [0.3, 0.4) is 0 Å². The van der Waals surface area contributed by atoms with Crippen LogP contribution < -0.4 is 0 Å². The summed E-state index contributed by atoms with van der Waals surface area (Å²) in [6.07, 6.45) is 11.9. The number of hydrogen-bond acceptors (Lipinski definition) is 0. The normalized spacial score (nSPS) is 32.9. The Morgan fingerprint density at radius 3 is 1.52 bits per heavy atom. The first-order valence-corrected chi connectivity index (χ1v) is 10.1. The summed E-state index contributed by atoms with van der Waals surface area (Å²) in [5.74, 6) is 1.37. The van der Waals surface area contributed by atoms with Crippen molar-refractivity contribution in [3.8, 4) is 0 Å².